The molecule has 0 bridgehead atoms. The number of pyridine rings is 2. The third-order valence-corrected chi connectivity index (χ3v) is 2.62. The molecule has 5 nitrogen and oxygen atoms in total. The number of nitrogens with two attached hydrogens (primary N) is 1. The van der Waals surface area contributed by atoms with E-state index in [1.807, 2.05) is 6.92 Å². The summed E-state index contributed by atoms with van der Waals surface area (Å²) in [4.78, 5) is 19.1. The molecule has 0 saturated carbocycles. The van der Waals surface area contributed by atoms with Crippen molar-refractivity contribution in [2.24, 2.45) is 0 Å². The van der Waals surface area contributed by atoms with Crippen molar-refractivity contribution in [2.75, 3.05) is 5.73 Å². The molecule has 0 aliphatic heterocycles. The van der Waals surface area contributed by atoms with Crippen molar-refractivity contribution in [1.82, 2.24) is 9.97 Å². The minimum Gasteiger partial charge on any atom is -0.476 e. The Labute approximate surface area is 108 Å². The lowest BCUT2D eigenvalue weighted by atomic mass is 10.1. The highest BCUT2D eigenvalue weighted by Gasteiger charge is 2.13. The predicted molar refractivity (Wildman–Crippen MR) is 68.6 cm³/mol. The number of carboxylic acid groups (broad SMARTS) is 1. The summed E-state index contributed by atoms with van der Waals surface area (Å²) in [5, 5.41) is 9.49. The summed E-state index contributed by atoms with van der Waals surface area (Å²) in [7, 11) is 0. The Morgan fingerprint density at radius 3 is 2.78 bits per heavy atom. The molecule has 0 aromatic carbocycles. The van der Waals surface area contributed by atoms with E-state index in [1.165, 1.54) is 12.3 Å². The van der Waals surface area contributed by atoms with Crippen LogP contribution in [0, 0.1) is 6.92 Å². The average Bonchev–Trinajstić information content (AvgIpc) is 2.30. The summed E-state index contributed by atoms with van der Waals surface area (Å²) in [6.07, 6.45) is 1.49. The molecular formula is C12H10ClN3O2. The van der Waals surface area contributed by atoms with Crippen LogP contribution in [0.1, 0.15) is 16.1 Å². The predicted octanol–water partition coefficient (Wildman–Crippen LogP) is 2.39. The Morgan fingerprint density at radius 2 is 2.17 bits per heavy atom. The number of nitrogens with zero attached hydrogens (tertiary/aromatic N) is 2. The van der Waals surface area contributed by atoms with E-state index in [0.717, 1.165) is 5.56 Å². The number of hydrogen-bond acceptors (Lipinski definition) is 4. The Balaban J connectivity index is 2.58. The molecule has 2 heterocycles. The second-order valence-corrected chi connectivity index (χ2v) is 4.19. The Kier molecular flexibility index (Phi) is 3.16. The molecule has 92 valence electrons. The number of aryl methyl sites for hydroxylation is 1. The van der Waals surface area contributed by atoms with Crippen molar-refractivity contribution in [3.63, 3.8) is 0 Å². The molecule has 0 amide bonds. The second-order valence-electron chi connectivity index (χ2n) is 3.76. The molecule has 0 fully saturated rings. The van der Waals surface area contributed by atoms with Crippen molar-refractivity contribution in [1.29, 1.82) is 0 Å². The van der Waals surface area contributed by atoms with Gasteiger partial charge in [0, 0.05) is 6.20 Å². The monoisotopic (exact) mass is 263 g/mol. The lowest BCUT2D eigenvalue weighted by molar-refractivity contribution is 0.0692. The van der Waals surface area contributed by atoms with Crippen LogP contribution in [0.15, 0.2) is 24.4 Å². The second kappa shape index (κ2) is 4.62. The highest BCUT2D eigenvalue weighted by molar-refractivity contribution is 6.30. The maximum absolute atomic E-state index is 11.0. The van der Waals surface area contributed by atoms with Gasteiger partial charge in [0.2, 0.25) is 0 Å². The molecule has 2 aromatic rings. The molecule has 3 N–H and O–H groups in total. The zero-order chi connectivity index (χ0) is 13.3. The first-order valence-corrected chi connectivity index (χ1v) is 5.49. The summed E-state index contributed by atoms with van der Waals surface area (Å²) < 4.78 is 0. The first-order valence-electron chi connectivity index (χ1n) is 5.11. The molecule has 0 aliphatic rings. The molecule has 0 atom stereocenters. The van der Waals surface area contributed by atoms with Gasteiger partial charge in [0.1, 0.15) is 0 Å². The van der Waals surface area contributed by atoms with Crippen LogP contribution < -0.4 is 5.73 Å². The zero-order valence-electron chi connectivity index (χ0n) is 9.51. The summed E-state index contributed by atoms with van der Waals surface area (Å²) in [5.74, 6) is -1.17. The number of hydrogen-bond donors (Lipinski definition) is 2. The van der Waals surface area contributed by atoms with Crippen LogP contribution in [0.5, 0.6) is 0 Å². The van der Waals surface area contributed by atoms with Crippen molar-refractivity contribution < 1.29 is 9.90 Å². The van der Waals surface area contributed by atoms with Gasteiger partial charge >= 0.3 is 5.97 Å². The number of halogens is 1. The molecule has 0 aliphatic carbocycles. The summed E-state index contributed by atoms with van der Waals surface area (Å²) in [5.41, 5.74) is 7.35. The molecule has 6 heteroatoms. The van der Waals surface area contributed by atoms with E-state index < -0.39 is 5.97 Å². The smallest absolute Gasteiger partial charge is 0.356 e. The van der Waals surface area contributed by atoms with Crippen molar-refractivity contribution in [3.8, 4) is 11.4 Å². The van der Waals surface area contributed by atoms with Crippen molar-refractivity contribution in [3.05, 3.63) is 40.7 Å². The molecule has 18 heavy (non-hydrogen) atoms. The normalized spacial score (nSPS) is 10.3. The standard InChI is InChI=1S/C12H10ClN3O2/c1-6-4-7(13)5-15-10(6)9-3-2-8(14)11(16-9)12(17)18/h2-5H,14H2,1H3,(H,17,18). The van der Waals surface area contributed by atoms with Crippen LogP contribution >= 0.6 is 11.6 Å². The molecule has 0 unspecified atom stereocenters. The van der Waals surface area contributed by atoms with Crippen LogP contribution in [0.25, 0.3) is 11.4 Å². The number of anilines is 1. The quantitative estimate of drug-likeness (QED) is 0.868. The van der Waals surface area contributed by atoms with E-state index >= 15 is 0 Å². The van der Waals surface area contributed by atoms with Crippen LogP contribution in [0.2, 0.25) is 5.02 Å². The minimum absolute atomic E-state index is 0.123. The van der Waals surface area contributed by atoms with Crippen molar-refractivity contribution >= 4 is 23.3 Å². The van der Waals surface area contributed by atoms with Gasteiger partial charge in [-0.25, -0.2) is 9.78 Å². The van der Waals surface area contributed by atoms with Gasteiger partial charge in [0.25, 0.3) is 0 Å². The Morgan fingerprint density at radius 1 is 1.44 bits per heavy atom. The van der Waals surface area contributed by atoms with Gasteiger partial charge in [-0.15, -0.1) is 0 Å². The average molecular weight is 264 g/mol. The number of aromatic carboxylic acids is 1. The third kappa shape index (κ3) is 2.26. The fourth-order valence-corrected chi connectivity index (χ4v) is 1.79. The number of rotatable bonds is 2. The van der Waals surface area contributed by atoms with Crippen LogP contribution in [-0.4, -0.2) is 21.0 Å². The Hall–Kier alpha value is -2.14. The van der Waals surface area contributed by atoms with Crippen molar-refractivity contribution in [2.45, 2.75) is 6.92 Å². The van der Waals surface area contributed by atoms with Gasteiger partial charge < -0.3 is 10.8 Å². The van der Waals surface area contributed by atoms with Gasteiger partial charge in [0.15, 0.2) is 5.69 Å². The fourth-order valence-electron chi connectivity index (χ4n) is 1.58. The molecule has 0 spiro atoms. The summed E-state index contributed by atoms with van der Waals surface area (Å²) in [6, 6.07) is 4.87. The maximum atomic E-state index is 11.0. The van der Waals surface area contributed by atoms with E-state index in [9.17, 15) is 4.79 Å². The fraction of sp³-hybridized carbons (Fsp3) is 0.0833. The highest BCUT2D eigenvalue weighted by atomic mass is 35.5. The number of nitrogen functional groups attached to an aromatic ring is 1. The van der Waals surface area contributed by atoms with Gasteiger partial charge in [-0.05, 0) is 30.7 Å². The van der Waals surface area contributed by atoms with Gasteiger partial charge in [0.05, 0.1) is 22.1 Å². The summed E-state index contributed by atoms with van der Waals surface area (Å²) >= 11 is 5.81. The lowest BCUT2D eigenvalue weighted by Gasteiger charge is -2.06. The van der Waals surface area contributed by atoms with Gasteiger partial charge in [-0.2, -0.15) is 0 Å². The topological polar surface area (TPSA) is 89.1 Å². The maximum Gasteiger partial charge on any atom is 0.356 e. The van der Waals surface area contributed by atoms with Crippen LogP contribution in [0.3, 0.4) is 0 Å². The van der Waals surface area contributed by atoms with E-state index in [-0.39, 0.29) is 11.4 Å². The SMILES string of the molecule is Cc1cc(Cl)cnc1-c1ccc(N)c(C(=O)O)n1. The van der Waals surface area contributed by atoms with Crippen LogP contribution in [0.4, 0.5) is 5.69 Å². The molecule has 2 rings (SSSR count). The van der Waals surface area contributed by atoms with Gasteiger partial charge in [-0.3, -0.25) is 4.98 Å². The number of carboxylic acids is 1. The molecule has 2 aromatic heterocycles. The summed E-state index contributed by atoms with van der Waals surface area (Å²) in [6.45, 7) is 1.83. The number of carbonyl (C=O) groups is 1. The molecular weight excluding hydrogens is 254 g/mol. The first-order chi connectivity index (χ1) is 8.49. The number of aromatic nitrogens is 2. The lowest BCUT2D eigenvalue weighted by Crippen LogP contribution is -2.06. The van der Waals surface area contributed by atoms with E-state index in [0.29, 0.717) is 16.4 Å². The molecule has 0 saturated heterocycles. The molecule has 0 radical (unpaired) electrons. The van der Waals surface area contributed by atoms with E-state index in [1.54, 1.807) is 12.1 Å². The van der Waals surface area contributed by atoms with E-state index in [4.69, 9.17) is 22.4 Å². The van der Waals surface area contributed by atoms with Crippen LogP contribution in [-0.2, 0) is 0 Å². The third-order valence-electron chi connectivity index (χ3n) is 2.42. The van der Waals surface area contributed by atoms with Gasteiger partial charge in [-0.1, -0.05) is 11.6 Å². The first kappa shape index (κ1) is 12.3. The highest BCUT2D eigenvalue weighted by Crippen LogP contribution is 2.23. The minimum atomic E-state index is -1.17. The largest absolute Gasteiger partial charge is 0.476 e. The zero-order valence-corrected chi connectivity index (χ0v) is 10.3. The van der Waals surface area contributed by atoms with E-state index in [2.05, 4.69) is 9.97 Å². The Bertz CT molecular complexity index is 629.